The maximum absolute atomic E-state index is 2.51. The van der Waals surface area contributed by atoms with Crippen molar-refractivity contribution in [2.75, 3.05) is 25.7 Å². The molecule has 9 heavy (non-hydrogen) atoms. The highest BCUT2D eigenvalue weighted by Crippen LogP contribution is 2.53. The molecule has 0 N–H and O–H groups in total. The van der Waals surface area contributed by atoms with Gasteiger partial charge < -0.3 is 0 Å². The van der Waals surface area contributed by atoms with Gasteiger partial charge in [-0.05, 0) is 25.7 Å². The molecule has 0 radical (unpaired) electrons. The minimum absolute atomic E-state index is 0.380. The van der Waals surface area contributed by atoms with Crippen molar-refractivity contribution >= 4 is 7.26 Å². The molecule has 0 aromatic rings. The van der Waals surface area contributed by atoms with Crippen molar-refractivity contribution in [1.29, 1.82) is 0 Å². The Morgan fingerprint density at radius 2 is 1.22 bits per heavy atom. The molecular formula is C8H18P+. The van der Waals surface area contributed by atoms with Crippen LogP contribution < -0.4 is 0 Å². The molecule has 0 aliphatic carbocycles. The van der Waals surface area contributed by atoms with E-state index in [1.165, 1.54) is 25.7 Å². The van der Waals surface area contributed by atoms with Gasteiger partial charge in [-0.15, -0.1) is 0 Å². The molecule has 0 atom stereocenters. The van der Waals surface area contributed by atoms with Crippen molar-refractivity contribution < 1.29 is 0 Å². The van der Waals surface area contributed by atoms with Gasteiger partial charge in [0.05, 0.1) is 12.3 Å². The van der Waals surface area contributed by atoms with Crippen LogP contribution in [0.2, 0.25) is 0 Å². The van der Waals surface area contributed by atoms with Gasteiger partial charge in [-0.1, -0.05) is 0 Å². The second kappa shape index (κ2) is 3.01. The van der Waals surface area contributed by atoms with Crippen LogP contribution in [0.5, 0.6) is 0 Å². The standard InChI is InChI=1S/C8H18P/c1-9(2)7-5-3-4-6-8-9/h3-8H2,1-2H3/q+1. The van der Waals surface area contributed by atoms with E-state index in [9.17, 15) is 0 Å². The maximum Gasteiger partial charge on any atom is 0.0589 e. The quantitative estimate of drug-likeness (QED) is 0.460. The highest BCUT2D eigenvalue weighted by molar-refractivity contribution is 7.74. The van der Waals surface area contributed by atoms with Crippen LogP contribution in [-0.2, 0) is 0 Å². The Bertz CT molecular complexity index is 76.6. The Balaban J connectivity index is 2.36. The topological polar surface area (TPSA) is 0 Å². The number of hydrogen-bond acceptors (Lipinski definition) is 0. The lowest BCUT2D eigenvalue weighted by Crippen LogP contribution is -1.96. The van der Waals surface area contributed by atoms with Gasteiger partial charge in [0.1, 0.15) is 0 Å². The lowest BCUT2D eigenvalue weighted by Gasteiger charge is -2.13. The maximum atomic E-state index is 2.51. The summed E-state index contributed by atoms with van der Waals surface area (Å²) in [6, 6.07) is 0. The van der Waals surface area contributed by atoms with E-state index < -0.39 is 0 Å². The number of hydrogen-bond donors (Lipinski definition) is 0. The van der Waals surface area contributed by atoms with Crippen LogP contribution in [0.1, 0.15) is 25.7 Å². The normalized spacial score (nSPS) is 27.3. The molecule has 0 nitrogen and oxygen atoms in total. The molecule has 1 fully saturated rings. The first-order valence-corrected chi connectivity index (χ1v) is 7.08. The highest BCUT2D eigenvalue weighted by Gasteiger charge is 2.25. The van der Waals surface area contributed by atoms with E-state index in [-0.39, 0.29) is 7.26 Å². The molecule has 0 aromatic carbocycles. The minimum atomic E-state index is -0.380. The molecule has 0 saturated carbocycles. The zero-order valence-electron chi connectivity index (χ0n) is 6.69. The first kappa shape index (κ1) is 7.54. The van der Waals surface area contributed by atoms with Crippen LogP contribution in [0.15, 0.2) is 0 Å². The molecule has 1 heteroatoms. The Kier molecular flexibility index (Phi) is 2.52. The molecule has 0 bridgehead atoms. The van der Waals surface area contributed by atoms with Crippen LogP contribution in [0.3, 0.4) is 0 Å². The molecule has 0 aromatic heterocycles. The number of rotatable bonds is 0. The molecule has 0 amide bonds. The largest absolute Gasteiger partial charge is 0.0589 e. The average Bonchev–Trinajstić information content (AvgIpc) is 1.92. The molecule has 0 unspecified atom stereocenters. The summed E-state index contributed by atoms with van der Waals surface area (Å²) in [5, 5.41) is 0. The van der Waals surface area contributed by atoms with Crippen LogP contribution in [-0.4, -0.2) is 25.7 Å². The van der Waals surface area contributed by atoms with E-state index in [0.717, 1.165) is 0 Å². The smallest absolute Gasteiger partial charge is 0.0497 e. The zero-order chi connectivity index (χ0) is 6.74. The Hall–Kier alpha value is 0.430. The molecule has 1 aliphatic rings. The van der Waals surface area contributed by atoms with Crippen molar-refractivity contribution in [1.82, 2.24) is 0 Å². The van der Waals surface area contributed by atoms with Gasteiger partial charge >= 0.3 is 0 Å². The second-order valence-corrected chi connectivity index (χ2v) is 8.56. The molecule has 0 spiro atoms. The van der Waals surface area contributed by atoms with Crippen LogP contribution in [0.4, 0.5) is 0 Å². The van der Waals surface area contributed by atoms with Gasteiger partial charge in [0.2, 0.25) is 0 Å². The first-order valence-electron chi connectivity index (χ1n) is 4.03. The summed E-state index contributed by atoms with van der Waals surface area (Å²) in [7, 11) is -0.380. The van der Waals surface area contributed by atoms with Gasteiger partial charge in [-0.2, -0.15) is 0 Å². The fourth-order valence-electron chi connectivity index (χ4n) is 1.55. The minimum Gasteiger partial charge on any atom is -0.0497 e. The van der Waals surface area contributed by atoms with Crippen LogP contribution in [0, 0.1) is 0 Å². The summed E-state index contributed by atoms with van der Waals surface area (Å²) in [6.45, 7) is 5.02. The van der Waals surface area contributed by atoms with E-state index in [2.05, 4.69) is 13.3 Å². The summed E-state index contributed by atoms with van der Waals surface area (Å²) in [4.78, 5) is 0. The zero-order valence-corrected chi connectivity index (χ0v) is 7.58. The van der Waals surface area contributed by atoms with E-state index in [1.807, 2.05) is 0 Å². The SMILES string of the molecule is C[P+]1(C)CCCCCC1. The molecule has 54 valence electrons. The molecule has 1 heterocycles. The van der Waals surface area contributed by atoms with Gasteiger partial charge in [0, 0.05) is 20.6 Å². The van der Waals surface area contributed by atoms with Crippen molar-refractivity contribution in [2.24, 2.45) is 0 Å². The van der Waals surface area contributed by atoms with Gasteiger partial charge in [0.25, 0.3) is 0 Å². The molecule has 1 saturated heterocycles. The molecular weight excluding hydrogens is 127 g/mol. The van der Waals surface area contributed by atoms with Crippen molar-refractivity contribution in [3.05, 3.63) is 0 Å². The Morgan fingerprint density at radius 3 is 1.67 bits per heavy atom. The van der Waals surface area contributed by atoms with Crippen molar-refractivity contribution in [3.63, 3.8) is 0 Å². The third kappa shape index (κ3) is 2.67. The molecule has 1 rings (SSSR count). The van der Waals surface area contributed by atoms with E-state index >= 15 is 0 Å². The van der Waals surface area contributed by atoms with Crippen molar-refractivity contribution in [2.45, 2.75) is 25.7 Å². The summed E-state index contributed by atoms with van der Waals surface area (Å²) in [5.74, 6) is 0. The van der Waals surface area contributed by atoms with Gasteiger partial charge in [0.15, 0.2) is 0 Å². The predicted octanol–water partition coefficient (Wildman–Crippen LogP) is 2.84. The lowest BCUT2D eigenvalue weighted by molar-refractivity contribution is 0.726. The fourth-order valence-corrected chi connectivity index (χ4v) is 3.93. The summed E-state index contributed by atoms with van der Waals surface area (Å²) >= 11 is 0. The Labute approximate surface area is 59.4 Å². The molecule has 1 aliphatic heterocycles. The van der Waals surface area contributed by atoms with Crippen molar-refractivity contribution in [3.8, 4) is 0 Å². The van der Waals surface area contributed by atoms with Gasteiger partial charge in [-0.25, -0.2) is 0 Å². The average molecular weight is 145 g/mol. The van der Waals surface area contributed by atoms with E-state index in [0.29, 0.717) is 0 Å². The van der Waals surface area contributed by atoms with Gasteiger partial charge in [-0.3, -0.25) is 0 Å². The highest BCUT2D eigenvalue weighted by atomic mass is 31.2. The van der Waals surface area contributed by atoms with E-state index in [1.54, 1.807) is 12.3 Å². The summed E-state index contributed by atoms with van der Waals surface area (Å²) < 4.78 is 0. The Morgan fingerprint density at radius 1 is 0.778 bits per heavy atom. The predicted molar refractivity (Wildman–Crippen MR) is 47.0 cm³/mol. The summed E-state index contributed by atoms with van der Waals surface area (Å²) in [5.41, 5.74) is 0. The monoisotopic (exact) mass is 145 g/mol. The van der Waals surface area contributed by atoms with E-state index in [4.69, 9.17) is 0 Å². The third-order valence-electron chi connectivity index (χ3n) is 2.28. The van der Waals surface area contributed by atoms with Crippen LogP contribution in [0.25, 0.3) is 0 Å². The fraction of sp³-hybridized carbons (Fsp3) is 1.00. The lowest BCUT2D eigenvalue weighted by atomic mass is 10.2. The summed E-state index contributed by atoms with van der Waals surface area (Å²) in [6.07, 6.45) is 9.16. The third-order valence-corrected chi connectivity index (χ3v) is 5.33. The second-order valence-electron chi connectivity index (χ2n) is 3.80. The van der Waals surface area contributed by atoms with Crippen LogP contribution >= 0.6 is 7.26 Å². The first-order chi connectivity index (χ1) is 4.21.